The average molecular weight is 467 g/mol. The molecule has 166 valence electrons. The van der Waals surface area contributed by atoms with Gasteiger partial charge in [-0.2, -0.15) is 8.78 Å². The maximum Gasteiger partial charge on any atom is 0.349 e. The van der Waals surface area contributed by atoms with Crippen molar-refractivity contribution in [1.82, 2.24) is 15.5 Å². The van der Waals surface area contributed by atoms with Crippen LogP contribution in [0.3, 0.4) is 0 Å². The van der Waals surface area contributed by atoms with Gasteiger partial charge in [0.05, 0.1) is 1.37 Å². The second-order valence-electron chi connectivity index (χ2n) is 7.04. The lowest BCUT2D eigenvalue weighted by molar-refractivity contribution is -0.147. The largest absolute Gasteiger partial charge is 0.349 e. The molecular weight excluding hydrogens is 444 g/mol. The van der Waals surface area contributed by atoms with Crippen molar-refractivity contribution in [3.8, 4) is 0 Å². The Hall–Kier alpha value is -3.33. The van der Waals surface area contributed by atoms with Gasteiger partial charge in [-0.1, -0.05) is 35.9 Å². The number of nitrogens with one attached hydrogen (secondary N) is 2. The number of halogens is 3. The van der Waals surface area contributed by atoms with Gasteiger partial charge in [0.15, 0.2) is 1.41 Å². The summed E-state index contributed by atoms with van der Waals surface area (Å²) in [6.45, 7) is -1.06. The van der Waals surface area contributed by atoms with Crippen LogP contribution in [0.15, 0.2) is 42.5 Å². The van der Waals surface area contributed by atoms with Crippen molar-refractivity contribution in [3.05, 3.63) is 69.7 Å². The first-order chi connectivity index (χ1) is 17.1. The summed E-state index contributed by atoms with van der Waals surface area (Å²) in [5, 5.41) is 1.99. The van der Waals surface area contributed by atoms with E-state index in [0.717, 1.165) is 12.1 Å². The Labute approximate surface area is 193 Å². The zero-order valence-corrected chi connectivity index (χ0v) is 17.0. The third kappa shape index (κ3) is 4.08. The highest BCUT2D eigenvalue weighted by atomic mass is 35.5. The third-order valence-electron chi connectivity index (χ3n) is 4.92. The second kappa shape index (κ2) is 8.31. The van der Waals surface area contributed by atoms with E-state index in [4.69, 9.17) is 18.5 Å². The SMILES string of the molecule is [2H]C1C(=O)NC(=O)[C@]([2H])(N2Cc3cc(CN([2H])C(=O)C(F)(F)c4ccc(Cl)cc4)ccc3C2=O)C1([2H])[2H]. The van der Waals surface area contributed by atoms with Crippen molar-refractivity contribution < 1.29 is 34.9 Å². The molecule has 2 aromatic carbocycles. The smallest absolute Gasteiger partial charge is 0.346 e. The van der Waals surface area contributed by atoms with Crippen molar-refractivity contribution in [3.63, 3.8) is 0 Å². The number of amides is 4. The molecule has 7 nitrogen and oxygen atoms in total. The first kappa shape index (κ1) is 16.3. The Morgan fingerprint density at radius 1 is 1.28 bits per heavy atom. The molecule has 2 aromatic rings. The molecule has 1 unspecified atom stereocenters. The standard InChI is InChI=1S/C22H18ClF2N3O4/c23-15-4-2-14(3-5-15)22(24,25)21(32)26-10-12-1-6-16-13(9-12)11-28(20(16)31)17-7-8-18(29)27-19(17)30/h1-6,9,17H,7-8,10-11H2,(H,26,32)(H,27,29,30)/t17-/m1/s1/i7D2,8D,17D/hD/t8?,17-. The van der Waals surface area contributed by atoms with Gasteiger partial charge in [-0.05, 0) is 35.7 Å². The van der Waals surface area contributed by atoms with Crippen molar-refractivity contribution in [2.24, 2.45) is 0 Å². The lowest BCUT2D eigenvalue weighted by atomic mass is 10.0. The number of carbonyl (C=O) groups excluding carboxylic acids is 4. The van der Waals surface area contributed by atoms with Crippen LogP contribution in [0.2, 0.25) is 6.43 Å². The predicted molar refractivity (Wildman–Crippen MR) is 110 cm³/mol. The van der Waals surface area contributed by atoms with Crippen molar-refractivity contribution >= 4 is 35.2 Å². The molecule has 2 aliphatic heterocycles. The molecule has 0 saturated carbocycles. The summed E-state index contributed by atoms with van der Waals surface area (Å²) in [5.74, 6) is -9.38. The number of hydrogen-bond donors (Lipinski definition) is 2. The number of alkyl halides is 2. The molecule has 1 fully saturated rings. The normalized spacial score (nSPS) is 26.8. The summed E-state index contributed by atoms with van der Waals surface area (Å²) in [6, 6.07) is 5.20. The van der Waals surface area contributed by atoms with E-state index in [0.29, 0.717) is 4.90 Å². The lowest BCUT2D eigenvalue weighted by Crippen LogP contribution is -2.52. The molecule has 0 spiro atoms. The van der Waals surface area contributed by atoms with Crippen LogP contribution in [0.25, 0.3) is 0 Å². The summed E-state index contributed by atoms with van der Waals surface area (Å²) >= 11 is 5.69. The molecule has 0 aromatic heterocycles. The monoisotopic (exact) mass is 466 g/mol. The zero-order valence-electron chi connectivity index (χ0n) is 21.2. The maximum absolute atomic E-state index is 14.6. The first-order valence-electron chi connectivity index (χ1n) is 11.8. The summed E-state index contributed by atoms with van der Waals surface area (Å²) in [5.41, 5.74) is -0.318. The zero-order chi connectivity index (χ0) is 27.5. The van der Waals surface area contributed by atoms with Gasteiger partial charge in [-0.15, -0.1) is 0 Å². The number of nitrogens with zero attached hydrogens (tertiary/aromatic N) is 1. The molecule has 32 heavy (non-hydrogen) atoms. The quantitative estimate of drug-likeness (QED) is 0.662. The van der Waals surface area contributed by atoms with E-state index in [-0.39, 0.29) is 27.0 Å². The molecule has 10 heteroatoms. The summed E-state index contributed by atoms with van der Waals surface area (Å²) in [6.07, 6.45) is -5.20. The fourth-order valence-corrected chi connectivity index (χ4v) is 3.43. The molecule has 4 rings (SSSR count). The molecule has 4 amide bonds. The predicted octanol–water partition coefficient (Wildman–Crippen LogP) is 2.51. The number of piperidine rings is 1. The average Bonchev–Trinajstić information content (AvgIpc) is 3.17. The van der Waals surface area contributed by atoms with E-state index in [2.05, 4.69) is 0 Å². The minimum absolute atomic E-state index is 0.0215. The van der Waals surface area contributed by atoms with Crippen molar-refractivity contribution in [1.29, 1.82) is 0 Å². The summed E-state index contributed by atoms with van der Waals surface area (Å²) < 4.78 is 69.6. The van der Waals surface area contributed by atoms with Crippen molar-refractivity contribution in [2.45, 2.75) is 37.8 Å². The molecule has 2 N–H and O–H groups in total. The van der Waals surface area contributed by atoms with Gasteiger partial charge in [-0.3, -0.25) is 24.5 Å². The van der Waals surface area contributed by atoms with Gasteiger partial charge in [-0.25, -0.2) is 0 Å². The fraction of sp³-hybridized carbons (Fsp3) is 0.273. The van der Waals surface area contributed by atoms with E-state index in [1.165, 1.54) is 30.3 Å². The Morgan fingerprint density at radius 2 is 2.00 bits per heavy atom. The van der Waals surface area contributed by atoms with E-state index in [1.807, 2.05) is 0 Å². The van der Waals surface area contributed by atoms with Gasteiger partial charge in [0.2, 0.25) is 11.8 Å². The molecular formula is C22H18ClF2N3O4. The highest BCUT2D eigenvalue weighted by Crippen LogP contribution is 2.30. The van der Waals surface area contributed by atoms with Gasteiger partial charge >= 0.3 is 5.92 Å². The molecule has 1 saturated heterocycles. The van der Waals surface area contributed by atoms with Gasteiger partial charge in [0.1, 0.15) is 6.02 Å². The highest BCUT2D eigenvalue weighted by Gasteiger charge is 2.41. The van der Waals surface area contributed by atoms with Crippen LogP contribution >= 0.6 is 11.6 Å². The number of fused-ring (bicyclic) bond motifs is 1. The first-order valence-corrected chi connectivity index (χ1v) is 9.66. The van der Waals surface area contributed by atoms with E-state index in [9.17, 15) is 28.0 Å². The summed E-state index contributed by atoms with van der Waals surface area (Å²) in [7, 11) is 0. The number of carbonyl (C=O) groups is 4. The Kier molecular flexibility index (Phi) is 4.24. The van der Waals surface area contributed by atoms with Crippen molar-refractivity contribution in [2.75, 3.05) is 0 Å². The number of imide groups is 1. The van der Waals surface area contributed by atoms with Gasteiger partial charge in [0.25, 0.3) is 11.8 Å². The van der Waals surface area contributed by atoms with Crippen LogP contribution in [0.5, 0.6) is 0 Å². The number of benzene rings is 2. The van der Waals surface area contributed by atoms with E-state index in [1.54, 1.807) is 5.32 Å². The second-order valence-corrected chi connectivity index (χ2v) is 7.48. The summed E-state index contributed by atoms with van der Waals surface area (Å²) in [4.78, 5) is 50.2. The van der Waals surface area contributed by atoms with Crippen LogP contribution in [0.4, 0.5) is 8.78 Å². The van der Waals surface area contributed by atoms with Gasteiger partial charge < -0.3 is 10.2 Å². The van der Waals surface area contributed by atoms with Gasteiger partial charge in [0, 0.05) is 39.7 Å². The Bertz CT molecular complexity index is 1330. The molecule has 2 heterocycles. The lowest BCUT2D eigenvalue weighted by Gasteiger charge is -2.29. The Balaban J connectivity index is 1.56. The maximum atomic E-state index is 14.6. The van der Waals surface area contributed by atoms with E-state index < -0.39 is 67.0 Å². The molecule has 0 radical (unpaired) electrons. The minimum atomic E-state index is -4.02. The highest BCUT2D eigenvalue weighted by molar-refractivity contribution is 6.30. The topological polar surface area (TPSA) is 95.6 Å². The van der Waals surface area contributed by atoms with Crippen LogP contribution in [-0.4, -0.2) is 34.5 Å². The van der Waals surface area contributed by atoms with E-state index >= 15 is 0 Å². The molecule has 0 bridgehead atoms. The fourth-order valence-electron chi connectivity index (χ4n) is 3.31. The van der Waals surface area contributed by atoms with Crippen LogP contribution in [0.1, 0.15) is 45.3 Å². The molecule has 2 aliphatic rings. The van der Waals surface area contributed by atoms with Crippen LogP contribution in [-0.2, 0) is 33.4 Å². The van der Waals surface area contributed by atoms with Crippen LogP contribution < -0.4 is 10.6 Å². The molecule has 0 aliphatic carbocycles. The molecule has 2 atom stereocenters. The Morgan fingerprint density at radius 3 is 2.72 bits per heavy atom. The van der Waals surface area contributed by atoms with Crippen LogP contribution in [0, 0.1) is 0 Å². The minimum Gasteiger partial charge on any atom is -0.346 e. The number of hydrogen-bond acceptors (Lipinski definition) is 4. The third-order valence-corrected chi connectivity index (χ3v) is 5.17. The number of rotatable bonds is 5.